The van der Waals surface area contributed by atoms with Crippen molar-refractivity contribution in [2.24, 2.45) is 5.92 Å². The van der Waals surface area contributed by atoms with E-state index in [0.29, 0.717) is 18.5 Å². The number of hydrogen-bond donors (Lipinski definition) is 2. The van der Waals surface area contributed by atoms with Crippen molar-refractivity contribution in [2.45, 2.75) is 58.6 Å². The lowest BCUT2D eigenvalue weighted by Gasteiger charge is -2.28. The molecule has 1 aliphatic rings. The fourth-order valence-corrected chi connectivity index (χ4v) is 3.23. The van der Waals surface area contributed by atoms with E-state index in [9.17, 15) is 5.11 Å². The van der Waals surface area contributed by atoms with Gasteiger partial charge in [0, 0.05) is 12.6 Å². The summed E-state index contributed by atoms with van der Waals surface area (Å²) in [5, 5.41) is 13.9. The van der Waals surface area contributed by atoms with Crippen LogP contribution in [0.2, 0.25) is 0 Å². The summed E-state index contributed by atoms with van der Waals surface area (Å²) in [6, 6.07) is 7.14. The number of fused-ring (bicyclic) bond motifs is 1. The van der Waals surface area contributed by atoms with Crippen molar-refractivity contribution in [1.82, 2.24) is 5.32 Å². The minimum atomic E-state index is -0.610. The first-order valence-electron chi connectivity index (χ1n) is 7.42. The Bertz CT molecular complexity index is 437. The third kappa shape index (κ3) is 3.80. The molecule has 2 rings (SSSR count). The van der Waals surface area contributed by atoms with Gasteiger partial charge >= 0.3 is 0 Å². The maximum Gasteiger partial charge on any atom is 0.0746 e. The van der Waals surface area contributed by atoms with Crippen LogP contribution in [0.1, 0.15) is 56.3 Å². The van der Waals surface area contributed by atoms with Crippen LogP contribution in [0.15, 0.2) is 18.2 Å². The average molecular weight is 261 g/mol. The molecule has 0 fully saturated rings. The van der Waals surface area contributed by atoms with Crippen molar-refractivity contribution in [3.05, 3.63) is 34.9 Å². The summed E-state index contributed by atoms with van der Waals surface area (Å²) in [7, 11) is 0. The molecule has 1 aromatic carbocycles. The Kier molecular flexibility index (Phi) is 4.32. The second-order valence-corrected chi connectivity index (χ2v) is 6.77. The van der Waals surface area contributed by atoms with E-state index in [-0.39, 0.29) is 0 Å². The van der Waals surface area contributed by atoms with Gasteiger partial charge in [0.05, 0.1) is 5.60 Å². The Hall–Kier alpha value is -0.860. The molecule has 0 aliphatic heterocycles. The van der Waals surface area contributed by atoms with E-state index in [1.54, 1.807) is 0 Å². The van der Waals surface area contributed by atoms with Gasteiger partial charge in [-0.25, -0.2) is 0 Å². The van der Waals surface area contributed by atoms with Gasteiger partial charge in [0.25, 0.3) is 0 Å². The predicted octanol–water partition coefficient (Wildman–Crippen LogP) is 3.37. The Morgan fingerprint density at radius 1 is 1.42 bits per heavy atom. The summed E-state index contributed by atoms with van der Waals surface area (Å²) < 4.78 is 0. The highest BCUT2D eigenvalue weighted by Crippen LogP contribution is 2.32. The van der Waals surface area contributed by atoms with Gasteiger partial charge in [-0.1, -0.05) is 37.6 Å². The molecule has 2 nitrogen and oxygen atoms in total. The van der Waals surface area contributed by atoms with Crippen molar-refractivity contribution in [3.63, 3.8) is 0 Å². The Morgan fingerprint density at radius 3 is 2.84 bits per heavy atom. The highest BCUT2D eigenvalue weighted by Gasteiger charge is 2.26. The number of nitrogens with one attached hydrogen (secondary N) is 1. The molecular weight excluding hydrogens is 234 g/mol. The van der Waals surface area contributed by atoms with Crippen LogP contribution in [0.25, 0.3) is 0 Å². The smallest absolute Gasteiger partial charge is 0.0746 e. The molecule has 0 aromatic heterocycles. The number of aliphatic hydroxyl groups is 1. The Morgan fingerprint density at radius 2 is 2.16 bits per heavy atom. The quantitative estimate of drug-likeness (QED) is 0.851. The number of hydrogen-bond acceptors (Lipinski definition) is 2. The zero-order valence-corrected chi connectivity index (χ0v) is 12.7. The van der Waals surface area contributed by atoms with Gasteiger partial charge in [-0.15, -0.1) is 0 Å². The lowest BCUT2D eigenvalue weighted by molar-refractivity contribution is 0.0359. The molecule has 0 heterocycles. The van der Waals surface area contributed by atoms with Gasteiger partial charge in [0.2, 0.25) is 0 Å². The van der Waals surface area contributed by atoms with E-state index in [1.165, 1.54) is 16.7 Å². The Labute approximate surface area is 117 Å². The molecule has 1 aliphatic carbocycles. The van der Waals surface area contributed by atoms with Gasteiger partial charge in [0.15, 0.2) is 0 Å². The van der Waals surface area contributed by atoms with Crippen LogP contribution in [0.3, 0.4) is 0 Å². The molecule has 0 saturated carbocycles. The van der Waals surface area contributed by atoms with Gasteiger partial charge < -0.3 is 10.4 Å². The summed E-state index contributed by atoms with van der Waals surface area (Å²) in [6.45, 7) is 9.06. The molecule has 106 valence electrons. The zero-order valence-electron chi connectivity index (χ0n) is 12.7. The number of rotatable bonds is 5. The molecule has 2 N–H and O–H groups in total. The molecule has 0 bridgehead atoms. The van der Waals surface area contributed by atoms with E-state index < -0.39 is 5.60 Å². The molecule has 1 aromatic rings. The van der Waals surface area contributed by atoms with Crippen LogP contribution in [0.4, 0.5) is 0 Å². The average Bonchev–Trinajstić information content (AvgIpc) is 2.67. The summed E-state index contributed by atoms with van der Waals surface area (Å²) in [6.07, 6.45) is 3.14. The summed E-state index contributed by atoms with van der Waals surface area (Å²) in [4.78, 5) is 0. The summed E-state index contributed by atoms with van der Waals surface area (Å²) in [5.41, 5.74) is 3.61. The van der Waals surface area contributed by atoms with Crippen LogP contribution >= 0.6 is 0 Å². The Balaban J connectivity index is 1.98. The monoisotopic (exact) mass is 261 g/mol. The SMILES string of the molecule is Cc1ccc2c(c1)C(NCC(C)(O)CC(C)C)CC2. The van der Waals surface area contributed by atoms with Crippen molar-refractivity contribution >= 4 is 0 Å². The van der Waals surface area contributed by atoms with Crippen LogP contribution < -0.4 is 5.32 Å². The summed E-state index contributed by atoms with van der Waals surface area (Å²) in [5.74, 6) is 0.523. The maximum absolute atomic E-state index is 10.4. The lowest BCUT2D eigenvalue weighted by atomic mass is 9.94. The van der Waals surface area contributed by atoms with E-state index >= 15 is 0 Å². The lowest BCUT2D eigenvalue weighted by Crippen LogP contribution is -2.40. The molecule has 0 radical (unpaired) electrons. The second kappa shape index (κ2) is 5.64. The first-order valence-corrected chi connectivity index (χ1v) is 7.42. The molecule has 2 atom stereocenters. The number of benzene rings is 1. The minimum absolute atomic E-state index is 0.411. The van der Waals surface area contributed by atoms with Crippen LogP contribution in [-0.4, -0.2) is 17.3 Å². The van der Waals surface area contributed by atoms with Crippen molar-refractivity contribution < 1.29 is 5.11 Å². The van der Waals surface area contributed by atoms with Crippen molar-refractivity contribution in [2.75, 3.05) is 6.54 Å². The standard InChI is InChI=1S/C17H27NO/c1-12(2)10-17(4,19)11-18-16-8-7-14-6-5-13(3)9-15(14)16/h5-6,9,12,16,18-19H,7-8,10-11H2,1-4H3. The highest BCUT2D eigenvalue weighted by atomic mass is 16.3. The molecular formula is C17H27NO. The molecule has 19 heavy (non-hydrogen) atoms. The van der Waals surface area contributed by atoms with Crippen LogP contribution in [0, 0.1) is 12.8 Å². The van der Waals surface area contributed by atoms with Gasteiger partial charge in [-0.05, 0) is 50.2 Å². The fraction of sp³-hybridized carbons (Fsp3) is 0.647. The topological polar surface area (TPSA) is 32.3 Å². The van der Waals surface area contributed by atoms with Gasteiger partial charge in [-0.2, -0.15) is 0 Å². The summed E-state index contributed by atoms with van der Waals surface area (Å²) >= 11 is 0. The third-order valence-corrected chi connectivity index (χ3v) is 3.96. The van der Waals surface area contributed by atoms with E-state index in [1.807, 2.05) is 6.92 Å². The van der Waals surface area contributed by atoms with Crippen LogP contribution in [0.5, 0.6) is 0 Å². The first-order chi connectivity index (χ1) is 8.87. The van der Waals surface area contributed by atoms with Gasteiger partial charge in [-0.3, -0.25) is 0 Å². The van der Waals surface area contributed by atoms with E-state index in [0.717, 1.165) is 19.3 Å². The van der Waals surface area contributed by atoms with Gasteiger partial charge in [0.1, 0.15) is 0 Å². The van der Waals surface area contributed by atoms with Crippen molar-refractivity contribution in [3.8, 4) is 0 Å². The molecule has 2 heteroatoms. The predicted molar refractivity (Wildman–Crippen MR) is 80.3 cm³/mol. The fourth-order valence-electron chi connectivity index (χ4n) is 3.23. The number of aryl methyl sites for hydroxylation is 2. The molecule has 0 amide bonds. The highest BCUT2D eigenvalue weighted by molar-refractivity contribution is 5.37. The normalized spacial score (nSPS) is 21.5. The maximum atomic E-state index is 10.4. The van der Waals surface area contributed by atoms with Crippen molar-refractivity contribution in [1.29, 1.82) is 0 Å². The first kappa shape index (κ1) is 14.5. The third-order valence-electron chi connectivity index (χ3n) is 3.96. The van der Waals surface area contributed by atoms with Crippen LogP contribution in [-0.2, 0) is 6.42 Å². The second-order valence-electron chi connectivity index (χ2n) is 6.77. The van der Waals surface area contributed by atoms with E-state index in [2.05, 4.69) is 44.3 Å². The zero-order chi connectivity index (χ0) is 14.0. The molecule has 0 saturated heterocycles. The molecule has 0 spiro atoms. The van der Waals surface area contributed by atoms with E-state index in [4.69, 9.17) is 0 Å². The molecule has 2 unspecified atom stereocenters. The largest absolute Gasteiger partial charge is 0.389 e. The minimum Gasteiger partial charge on any atom is -0.389 e.